The summed E-state index contributed by atoms with van der Waals surface area (Å²) in [5.74, 6) is 0. The van der Waals surface area contributed by atoms with E-state index in [2.05, 4.69) is 27.0 Å². The number of hydrogen-bond donors (Lipinski definition) is 1. The summed E-state index contributed by atoms with van der Waals surface area (Å²) >= 11 is 3.29. The molecule has 19 heavy (non-hydrogen) atoms. The zero-order valence-corrected chi connectivity index (χ0v) is 11.8. The Labute approximate surface area is 119 Å². The summed E-state index contributed by atoms with van der Waals surface area (Å²) in [6, 6.07) is 11.9. The molecule has 3 rings (SSSR count). The van der Waals surface area contributed by atoms with E-state index < -0.39 is 0 Å². The minimum Gasteiger partial charge on any atom is -0.318 e. The zero-order valence-electron chi connectivity index (χ0n) is 10.2. The second kappa shape index (κ2) is 5.61. The monoisotopic (exact) mass is 287 g/mol. The highest BCUT2D eigenvalue weighted by Gasteiger charge is 2.14. The first-order valence-electron chi connectivity index (χ1n) is 5.97. The average Bonchev–Trinajstić information content (AvgIpc) is 3.11. The first-order chi connectivity index (χ1) is 9.33. The van der Waals surface area contributed by atoms with Gasteiger partial charge in [0.25, 0.3) is 0 Å². The molecular weight excluding hydrogens is 274 g/mol. The molecule has 0 spiro atoms. The van der Waals surface area contributed by atoms with Gasteiger partial charge in [-0.1, -0.05) is 41.7 Å². The Bertz CT molecular complexity index is 632. The summed E-state index contributed by atoms with van der Waals surface area (Å²) < 4.78 is 0. The lowest BCUT2D eigenvalue weighted by Crippen LogP contribution is -2.11. The molecule has 0 saturated carbocycles. The molecule has 1 aromatic carbocycles. The topological polar surface area (TPSA) is 51.8 Å². The van der Waals surface area contributed by atoms with Gasteiger partial charge in [0.2, 0.25) is 0 Å². The van der Waals surface area contributed by atoms with E-state index in [-0.39, 0.29) is 6.04 Å². The highest BCUT2D eigenvalue weighted by atomic mass is 32.1. The van der Waals surface area contributed by atoms with Crippen molar-refractivity contribution in [1.29, 1.82) is 0 Å². The lowest BCUT2D eigenvalue weighted by molar-refractivity contribution is 0.825. The summed E-state index contributed by atoms with van der Waals surface area (Å²) in [5.41, 5.74) is 8.56. The van der Waals surface area contributed by atoms with Crippen LogP contribution in [-0.4, -0.2) is 10.2 Å². The van der Waals surface area contributed by atoms with Crippen molar-refractivity contribution in [1.82, 2.24) is 10.2 Å². The van der Waals surface area contributed by atoms with Crippen molar-refractivity contribution in [2.45, 2.75) is 12.5 Å². The number of benzene rings is 1. The molecule has 3 aromatic rings. The van der Waals surface area contributed by atoms with Gasteiger partial charge < -0.3 is 5.73 Å². The smallest absolute Gasteiger partial charge is 0.138 e. The maximum Gasteiger partial charge on any atom is 0.138 e. The van der Waals surface area contributed by atoms with Gasteiger partial charge in [0, 0.05) is 6.42 Å². The number of thiophene rings is 1. The first kappa shape index (κ1) is 12.5. The molecule has 0 bridgehead atoms. The van der Waals surface area contributed by atoms with E-state index in [0.717, 1.165) is 22.0 Å². The fourth-order valence-electron chi connectivity index (χ4n) is 1.83. The quantitative estimate of drug-likeness (QED) is 0.801. The Kier molecular flexibility index (Phi) is 3.68. The van der Waals surface area contributed by atoms with Crippen LogP contribution in [0, 0.1) is 0 Å². The van der Waals surface area contributed by atoms with E-state index in [0.29, 0.717) is 0 Å². The van der Waals surface area contributed by atoms with Crippen LogP contribution in [-0.2, 0) is 6.42 Å². The van der Waals surface area contributed by atoms with Gasteiger partial charge in [-0.05, 0) is 28.0 Å². The van der Waals surface area contributed by atoms with E-state index in [4.69, 9.17) is 5.73 Å². The predicted molar refractivity (Wildman–Crippen MR) is 79.5 cm³/mol. The molecule has 0 aliphatic rings. The van der Waals surface area contributed by atoms with E-state index in [1.165, 1.54) is 5.56 Å². The van der Waals surface area contributed by atoms with Crippen LogP contribution in [0.5, 0.6) is 0 Å². The van der Waals surface area contributed by atoms with Crippen LogP contribution in [0.4, 0.5) is 0 Å². The molecule has 0 fully saturated rings. The van der Waals surface area contributed by atoms with Gasteiger partial charge in [-0.3, -0.25) is 0 Å². The molecule has 1 unspecified atom stereocenters. The van der Waals surface area contributed by atoms with Crippen LogP contribution in [0.1, 0.15) is 27.2 Å². The third kappa shape index (κ3) is 2.89. The van der Waals surface area contributed by atoms with Crippen molar-refractivity contribution < 1.29 is 0 Å². The van der Waals surface area contributed by atoms with Crippen molar-refractivity contribution in [2.75, 3.05) is 0 Å². The molecule has 0 aliphatic heterocycles. The molecule has 0 radical (unpaired) electrons. The second-order valence-corrected chi connectivity index (χ2v) is 6.10. The van der Waals surface area contributed by atoms with Gasteiger partial charge in [0.15, 0.2) is 0 Å². The van der Waals surface area contributed by atoms with E-state index in [1.54, 1.807) is 22.7 Å². The molecule has 2 N–H and O–H groups in total. The van der Waals surface area contributed by atoms with Crippen LogP contribution in [0.3, 0.4) is 0 Å². The molecule has 0 amide bonds. The summed E-state index contributed by atoms with van der Waals surface area (Å²) in [6.07, 6.45) is 0.836. The normalized spacial score (nSPS) is 12.5. The Hall–Kier alpha value is -1.56. The number of rotatable bonds is 4. The SMILES string of the molecule is NC(c1ccccc1)c1nnc(Cc2ccsc2)s1. The maximum atomic E-state index is 6.21. The van der Waals surface area contributed by atoms with Crippen LogP contribution >= 0.6 is 22.7 Å². The third-order valence-corrected chi connectivity index (χ3v) is 4.58. The molecule has 96 valence electrons. The largest absolute Gasteiger partial charge is 0.318 e. The zero-order chi connectivity index (χ0) is 13.1. The molecule has 1 atom stereocenters. The lowest BCUT2D eigenvalue weighted by Gasteiger charge is -2.06. The Balaban J connectivity index is 1.78. The summed E-state index contributed by atoms with van der Waals surface area (Å²) in [5, 5.41) is 14.5. The van der Waals surface area contributed by atoms with Gasteiger partial charge in [-0.2, -0.15) is 11.3 Å². The lowest BCUT2D eigenvalue weighted by atomic mass is 10.1. The second-order valence-electron chi connectivity index (χ2n) is 4.23. The number of hydrogen-bond acceptors (Lipinski definition) is 5. The van der Waals surface area contributed by atoms with Crippen LogP contribution < -0.4 is 5.73 Å². The molecule has 3 nitrogen and oxygen atoms in total. The van der Waals surface area contributed by atoms with Gasteiger partial charge in [0.1, 0.15) is 10.0 Å². The molecule has 2 heterocycles. The summed E-state index contributed by atoms with van der Waals surface area (Å²) in [6.45, 7) is 0. The van der Waals surface area contributed by atoms with Crippen molar-refractivity contribution in [3.8, 4) is 0 Å². The van der Waals surface area contributed by atoms with Gasteiger partial charge in [-0.15, -0.1) is 10.2 Å². The fraction of sp³-hybridized carbons (Fsp3) is 0.143. The highest BCUT2D eigenvalue weighted by Crippen LogP contribution is 2.24. The Morgan fingerprint density at radius 3 is 2.68 bits per heavy atom. The number of nitrogens with zero attached hydrogens (tertiary/aromatic N) is 2. The predicted octanol–water partition coefficient (Wildman–Crippen LogP) is 3.24. The van der Waals surface area contributed by atoms with Gasteiger partial charge >= 0.3 is 0 Å². The number of aromatic nitrogens is 2. The molecule has 0 aliphatic carbocycles. The van der Waals surface area contributed by atoms with Crippen molar-refractivity contribution in [3.63, 3.8) is 0 Å². The van der Waals surface area contributed by atoms with Crippen LogP contribution in [0.15, 0.2) is 47.2 Å². The van der Waals surface area contributed by atoms with Gasteiger partial charge in [-0.25, -0.2) is 0 Å². The minimum absolute atomic E-state index is 0.185. The molecule has 0 saturated heterocycles. The van der Waals surface area contributed by atoms with E-state index in [9.17, 15) is 0 Å². The minimum atomic E-state index is -0.185. The van der Waals surface area contributed by atoms with Crippen molar-refractivity contribution in [3.05, 3.63) is 68.3 Å². The van der Waals surface area contributed by atoms with Gasteiger partial charge in [0.05, 0.1) is 6.04 Å². The Morgan fingerprint density at radius 2 is 1.95 bits per heavy atom. The van der Waals surface area contributed by atoms with Crippen LogP contribution in [0.2, 0.25) is 0 Å². The number of nitrogens with two attached hydrogens (primary N) is 1. The average molecular weight is 287 g/mol. The summed E-state index contributed by atoms with van der Waals surface area (Å²) in [7, 11) is 0. The maximum absolute atomic E-state index is 6.21. The van der Waals surface area contributed by atoms with Crippen molar-refractivity contribution in [2.24, 2.45) is 5.73 Å². The van der Waals surface area contributed by atoms with E-state index in [1.807, 2.05) is 30.3 Å². The van der Waals surface area contributed by atoms with Crippen LogP contribution in [0.25, 0.3) is 0 Å². The summed E-state index contributed by atoms with van der Waals surface area (Å²) in [4.78, 5) is 0. The van der Waals surface area contributed by atoms with E-state index >= 15 is 0 Å². The first-order valence-corrected chi connectivity index (χ1v) is 7.73. The standard InChI is InChI=1S/C14H13N3S2/c15-13(11-4-2-1-3-5-11)14-17-16-12(19-14)8-10-6-7-18-9-10/h1-7,9,13H,8,15H2. The third-order valence-electron chi connectivity index (χ3n) is 2.84. The molecular formula is C14H13N3S2. The fourth-order valence-corrected chi connectivity index (χ4v) is 3.41. The molecule has 2 aromatic heterocycles. The molecule has 5 heteroatoms. The van der Waals surface area contributed by atoms with Crippen molar-refractivity contribution >= 4 is 22.7 Å². The Morgan fingerprint density at radius 1 is 1.11 bits per heavy atom. The highest BCUT2D eigenvalue weighted by molar-refractivity contribution is 7.11.